The van der Waals surface area contributed by atoms with Crippen LogP contribution in [0.3, 0.4) is 0 Å². The lowest BCUT2D eigenvalue weighted by Gasteiger charge is -2.39. The van der Waals surface area contributed by atoms with Gasteiger partial charge in [-0.2, -0.15) is 0 Å². The molecule has 3 aromatic rings. The number of nitrogens with one attached hydrogen (secondary N) is 1. The molecular formula is C23H24BrN3O3S. The maximum Gasteiger partial charge on any atom is 0.203 e. The first-order valence-corrected chi connectivity index (χ1v) is 11.0. The number of nitrogens with zero attached hydrogens (tertiary/aromatic N) is 2. The molecule has 1 aromatic heterocycles. The molecule has 0 fully saturated rings. The van der Waals surface area contributed by atoms with Gasteiger partial charge in [-0.1, -0.05) is 15.9 Å². The van der Waals surface area contributed by atoms with E-state index in [0.717, 1.165) is 34.5 Å². The van der Waals surface area contributed by atoms with Crippen LogP contribution in [0.1, 0.15) is 17.3 Å². The molecule has 0 spiro atoms. The second-order valence-corrected chi connectivity index (χ2v) is 8.42. The fourth-order valence-electron chi connectivity index (χ4n) is 3.94. The number of methoxy groups -OCH3 is 3. The summed E-state index contributed by atoms with van der Waals surface area (Å²) >= 11 is 9.32. The highest BCUT2D eigenvalue weighted by Gasteiger charge is 2.32. The zero-order valence-corrected chi connectivity index (χ0v) is 20.0. The number of hydrogen-bond donors (Lipinski definition) is 1. The lowest BCUT2D eigenvalue weighted by molar-refractivity contribution is 0.288. The predicted molar refractivity (Wildman–Crippen MR) is 129 cm³/mol. The average Bonchev–Trinajstić information content (AvgIpc) is 3.27. The molecular weight excluding hydrogens is 478 g/mol. The molecule has 0 radical (unpaired) electrons. The second-order valence-electron chi connectivity index (χ2n) is 7.12. The molecule has 2 aromatic carbocycles. The van der Waals surface area contributed by atoms with Crippen LogP contribution < -0.4 is 19.5 Å². The summed E-state index contributed by atoms with van der Waals surface area (Å²) in [6, 6.07) is 16.0. The van der Waals surface area contributed by atoms with Gasteiger partial charge in [-0.05, 0) is 66.3 Å². The molecule has 4 rings (SSSR count). The third-order valence-electron chi connectivity index (χ3n) is 5.40. The number of benzene rings is 2. The van der Waals surface area contributed by atoms with E-state index >= 15 is 0 Å². The highest BCUT2D eigenvalue weighted by Crippen LogP contribution is 2.43. The molecule has 6 nitrogen and oxygen atoms in total. The van der Waals surface area contributed by atoms with Gasteiger partial charge in [-0.15, -0.1) is 0 Å². The summed E-state index contributed by atoms with van der Waals surface area (Å²) < 4.78 is 20.0. The summed E-state index contributed by atoms with van der Waals surface area (Å²) in [5, 5.41) is 4.04. The van der Waals surface area contributed by atoms with Gasteiger partial charge < -0.3 is 29.0 Å². The normalized spacial score (nSPS) is 15.2. The van der Waals surface area contributed by atoms with Crippen molar-refractivity contribution in [2.75, 3.05) is 33.2 Å². The van der Waals surface area contributed by atoms with Crippen LogP contribution in [0, 0.1) is 0 Å². The van der Waals surface area contributed by atoms with E-state index in [1.54, 1.807) is 21.3 Å². The highest BCUT2D eigenvalue weighted by molar-refractivity contribution is 9.10. The standard InChI is InChI=1S/C23H24BrN3O3S/c1-28-19-13-15(14-20(29-2)22(19)30-3)21-18-5-4-10-26(18)11-12-27(21)23(31)25-17-8-6-16(24)7-9-17/h4-10,13-14,21H,11-12H2,1-3H3,(H,25,31). The zero-order chi connectivity index (χ0) is 22.0. The Morgan fingerprint density at radius 1 is 1.00 bits per heavy atom. The largest absolute Gasteiger partial charge is 0.493 e. The van der Waals surface area contributed by atoms with Gasteiger partial charge in [0.2, 0.25) is 5.75 Å². The third kappa shape index (κ3) is 4.22. The summed E-state index contributed by atoms with van der Waals surface area (Å²) in [7, 11) is 4.86. The van der Waals surface area contributed by atoms with Gasteiger partial charge in [0.25, 0.3) is 0 Å². The minimum atomic E-state index is -0.104. The highest BCUT2D eigenvalue weighted by atomic mass is 79.9. The van der Waals surface area contributed by atoms with E-state index in [-0.39, 0.29) is 6.04 Å². The number of aromatic nitrogens is 1. The van der Waals surface area contributed by atoms with E-state index in [1.807, 2.05) is 36.4 Å². The van der Waals surface area contributed by atoms with Gasteiger partial charge in [-0.25, -0.2) is 0 Å². The Morgan fingerprint density at radius 3 is 2.29 bits per heavy atom. The van der Waals surface area contributed by atoms with Crippen LogP contribution in [-0.4, -0.2) is 42.5 Å². The summed E-state index contributed by atoms with van der Waals surface area (Å²) in [4.78, 5) is 2.20. The minimum absolute atomic E-state index is 0.104. The van der Waals surface area contributed by atoms with Crippen LogP contribution in [0.2, 0.25) is 0 Å². The van der Waals surface area contributed by atoms with Gasteiger partial charge in [0.15, 0.2) is 16.6 Å². The molecule has 0 saturated heterocycles. The lowest BCUT2D eigenvalue weighted by Crippen LogP contribution is -2.44. The Balaban J connectivity index is 1.75. The molecule has 1 atom stereocenters. The van der Waals surface area contributed by atoms with Crippen molar-refractivity contribution in [1.82, 2.24) is 9.47 Å². The molecule has 31 heavy (non-hydrogen) atoms. The first-order valence-electron chi connectivity index (χ1n) is 9.84. The topological polar surface area (TPSA) is 47.9 Å². The van der Waals surface area contributed by atoms with Crippen LogP contribution in [0.15, 0.2) is 59.2 Å². The molecule has 2 heterocycles. The fraction of sp³-hybridized carbons (Fsp3) is 0.261. The SMILES string of the molecule is COc1cc(C2c3cccn3CCN2C(=S)Nc2ccc(Br)cc2)cc(OC)c1OC. The van der Waals surface area contributed by atoms with E-state index in [4.69, 9.17) is 26.4 Å². The number of ether oxygens (including phenoxy) is 3. The molecule has 0 amide bonds. The van der Waals surface area contributed by atoms with Crippen molar-refractivity contribution >= 4 is 38.9 Å². The fourth-order valence-corrected chi connectivity index (χ4v) is 4.52. The smallest absolute Gasteiger partial charge is 0.203 e. The van der Waals surface area contributed by atoms with Crippen LogP contribution >= 0.6 is 28.1 Å². The van der Waals surface area contributed by atoms with Crippen molar-refractivity contribution in [3.05, 3.63) is 70.5 Å². The van der Waals surface area contributed by atoms with E-state index < -0.39 is 0 Å². The minimum Gasteiger partial charge on any atom is -0.493 e. The Kier molecular flexibility index (Phi) is 6.38. The monoisotopic (exact) mass is 501 g/mol. The summed E-state index contributed by atoms with van der Waals surface area (Å²) in [6.45, 7) is 1.62. The van der Waals surface area contributed by atoms with Gasteiger partial charge in [0.05, 0.1) is 27.4 Å². The van der Waals surface area contributed by atoms with Gasteiger partial charge >= 0.3 is 0 Å². The van der Waals surface area contributed by atoms with Crippen molar-refractivity contribution in [3.63, 3.8) is 0 Å². The van der Waals surface area contributed by atoms with Crippen LogP contribution in [-0.2, 0) is 6.54 Å². The lowest BCUT2D eigenvalue weighted by atomic mass is 9.99. The molecule has 1 N–H and O–H groups in total. The Morgan fingerprint density at radius 2 is 1.68 bits per heavy atom. The van der Waals surface area contributed by atoms with Crippen molar-refractivity contribution in [2.24, 2.45) is 0 Å². The van der Waals surface area contributed by atoms with Crippen molar-refractivity contribution < 1.29 is 14.2 Å². The third-order valence-corrected chi connectivity index (χ3v) is 6.26. The van der Waals surface area contributed by atoms with E-state index in [1.165, 1.54) is 0 Å². The number of hydrogen-bond acceptors (Lipinski definition) is 4. The maximum absolute atomic E-state index is 5.85. The number of thiocarbonyl (C=S) groups is 1. The predicted octanol–water partition coefficient (Wildman–Crippen LogP) is 5.08. The number of anilines is 1. The molecule has 1 aliphatic heterocycles. The van der Waals surface area contributed by atoms with Gasteiger partial charge in [0.1, 0.15) is 0 Å². The van der Waals surface area contributed by atoms with E-state index in [9.17, 15) is 0 Å². The molecule has 8 heteroatoms. The average molecular weight is 502 g/mol. The van der Waals surface area contributed by atoms with E-state index in [0.29, 0.717) is 22.4 Å². The number of fused-ring (bicyclic) bond motifs is 1. The van der Waals surface area contributed by atoms with Gasteiger partial charge in [-0.3, -0.25) is 0 Å². The molecule has 162 valence electrons. The molecule has 0 saturated carbocycles. The molecule has 1 aliphatic rings. The summed E-state index contributed by atoms with van der Waals surface area (Å²) in [5.74, 6) is 1.81. The van der Waals surface area contributed by atoms with E-state index in [2.05, 4.69) is 49.0 Å². The van der Waals surface area contributed by atoms with Crippen molar-refractivity contribution in [2.45, 2.75) is 12.6 Å². The first-order chi connectivity index (χ1) is 15.0. The van der Waals surface area contributed by atoms with Crippen LogP contribution in [0.25, 0.3) is 0 Å². The summed E-state index contributed by atoms with van der Waals surface area (Å²) in [5.41, 5.74) is 3.10. The second kappa shape index (κ2) is 9.20. The molecule has 0 bridgehead atoms. The Labute approximate surface area is 195 Å². The summed E-state index contributed by atoms with van der Waals surface area (Å²) in [6.07, 6.45) is 2.10. The van der Waals surface area contributed by atoms with Crippen LogP contribution in [0.5, 0.6) is 17.2 Å². The maximum atomic E-state index is 5.85. The first kappa shape index (κ1) is 21.5. The Bertz CT molecular complexity index is 1060. The number of rotatable bonds is 5. The molecule has 1 unspecified atom stereocenters. The number of halogens is 1. The van der Waals surface area contributed by atoms with Crippen molar-refractivity contribution in [3.8, 4) is 17.2 Å². The zero-order valence-electron chi connectivity index (χ0n) is 17.6. The Hall–Kier alpha value is -2.71. The van der Waals surface area contributed by atoms with Crippen LogP contribution in [0.4, 0.5) is 5.69 Å². The molecule has 0 aliphatic carbocycles. The quantitative estimate of drug-likeness (QED) is 0.492. The van der Waals surface area contributed by atoms with Crippen molar-refractivity contribution in [1.29, 1.82) is 0 Å². The van der Waals surface area contributed by atoms with Gasteiger partial charge in [0, 0.05) is 35.1 Å².